The van der Waals surface area contributed by atoms with Gasteiger partial charge in [-0.2, -0.15) is 5.10 Å². The Balaban J connectivity index is 1.98. The quantitative estimate of drug-likeness (QED) is 0.742. The summed E-state index contributed by atoms with van der Waals surface area (Å²) in [6.45, 7) is 7.69. The molecule has 1 aliphatic carbocycles. The number of rotatable bonds is 6. The highest BCUT2D eigenvalue weighted by Crippen LogP contribution is 2.43. The van der Waals surface area contributed by atoms with Gasteiger partial charge in [0.05, 0.1) is 37.2 Å². The summed E-state index contributed by atoms with van der Waals surface area (Å²) in [4.78, 5) is 12.4. The number of nitrogens with one attached hydrogen (secondary N) is 2. The van der Waals surface area contributed by atoms with Crippen molar-refractivity contribution in [3.05, 3.63) is 12.4 Å². The third-order valence-corrected chi connectivity index (χ3v) is 4.55. The molecular formula is C17H30N4O3. The van der Waals surface area contributed by atoms with Gasteiger partial charge in [-0.15, -0.1) is 0 Å². The molecule has 1 aliphatic rings. The summed E-state index contributed by atoms with van der Waals surface area (Å²) >= 11 is 0. The molecule has 0 spiro atoms. The van der Waals surface area contributed by atoms with Crippen LogP contribution in [0.1, 0.15) is 40.0 Å². The van der Waals surface area contributed by atoms with Crippen LogP contribution in [0, 0.1) is 11.3 Å². The Labute approximate surface area is 143 Å². The molecule has 136 valence electrons. The number of ether oxygens (including phenoxy) is 1. The summed E-state index contributed by atoms with van der Waals surface area (Å²) in [6, 6.07) is -0.305. The van der Waals surface area contributed by atoms with Gasteiger partial charge in [-0.3, -0.25) is 4.68 Å². The number of anilines is 1. The maximum absolute atomic E-state index is 12.4. The Morgan fingerprint density at radius 2 is 2.25 bits per heavy atom. The summed E-state index contributed by atoms with van der Waals surface area (Å²) in [7, 11) is 1.64. The lowest BCUT2D eigenvalue weighted by Crippen LogP contribution is -2.58. The Morgan fingerprint density at radius 1 is 1.50 bits per heavy atom. The van der Waals surface area contributed by atoms with E-state index in [2.05, 4.69) is 36.5 Å². The molecule has 2 rings (SSSR count). The van der Waals surface area contributed by atoms with Crippen LogP contribution in [-0.4, -0.2) is 46.8 Å². The van der Waals surface area contributed by atoms with E-state index in [1.807, 2.05) is 0 Å². The largest absolute Gasteiger partial charge is 0.394 e. The lowest BCUT2D eigenvalue weighted by molar-refractivity contribution is 0.0446. The van der Waals surface area contributed by atoms with Crippen molar-refractivity contribution in [2.45, 2.75) is 52.1 Å². The van der Waals surface area contributed by atoms with Crippen molar-refractivity contribution >= 4 is 11.7 Å². The van der Waals surface area contributed by atoms with Crippen molar-refractivity contribution in [1.82, 2.24) is 15.1 Å². The molecule has 7 nitrogen and oxygen atoms in total. The second kappa shape index (κ2) is 7.53. The summed E-state index contributed by atoms with van der Waals surface area (Å²) in [6.07, 6.45) is 6.02. The van der Waals surface area contributed by atoms with Crippen molar-refractivity contribution in [3.8, 4) is 0 Å². The van der Waals surface area contributed by atoms with Crippen LogP contribution in [0.4, 0.5) is 10.5 Å². The molecule has 24 heavy (non-hydrogen) atoms. The Morgan fingerprint density at radius 3 is 2.88 bits per heavy atom. The smallest absolute Gasteiger partial charge is 0.319 e. The molecule has 0 saturated heterocycles. The Hall–Kier alpha value is -1.60. The van der Waals surface area contributed by atoms with E-state index in [1.165, 1.54) is 0 Å². The maximum Gasteiger partial charge on any atom is 0.319 e. The summed E-state index contributed by atoms with van der Waals surface area (Å²) < 4.78 is 6.72. The average Bonchev–Trinajstić information content (AvgIpc) is 2.90. The van der Waals surface area contributed by atoms with Gasteiger partial charge < -0.3 is 20.5 Å². The van der Waals surface area contributed by atoms with Crippen molar-refractivity contribution in [2.75, 3.05) is 25.6 Å². The number of aromatic nitrogens is 2. The Bertz CT molecular complexity index is 558. The number of methoxy groups -OCH3 is 1. The van der Waals surface area contributed by atoms with Gasteiger partial charge in [-0.25, -0.2) is 4.79 Å². The molecule has 2 unspecified atom stereocenters. The molecule has 7 heteroatoms. The van der Waals surface area contributed by atoms with Crippen molar-refractivity contribution in [1.29, 1.82) is 0 Å². The lowest BCUT2D eigenvalue weighted by Gasteiger charge is -2.47. The first-order chi connectivity index (χ1) is 11.3. The first-order valence-electron chi connectivity index (χ1n) is 8.49. The number of carbonyl (C=O) groups is 1. The number of urea groups is 1. The highest BCUT2D eigenvalue weighted by Gasteiger charge is 2.43. The molecule has 0 aromatic carbocycles. The van der Waals surface area contributed by atoms with E-state index in [-0.39, 0.29) is 18.1 Å². The van der Waals surface area contributed by atoms with Crippen LogP contribution in [0.5, 0.6) is 0 Å². The van der Waals surface area contributed by atoms with Gasteiger partial charge >= 0.3 is 6.03 Å². The maximum atomic E-state index is 12.4. The van der Waals surface area contributed by atoms with Crippen LogP contribution in [0.3, 0.4) is 0 Å². The molecular weight excluding hydrogens is 308 g/mol. The minimum absolute atomic E-state index is 0.0543. The normalized spacial score (nSPS) is 26.1. The van der Waals surface area contributed by atoms with E-state index in [1.54, 1.807) is 24.2 Å². The predicted octanol–water partition coefficient (Wildman–Crippen LogP) is 2.23. The fraction of sp³-hybridized carbons (Fsp3) is 0.765. The number of amides is 2. The number of carbonyl (C=O) groups excluding carboxylic acids is 1. The monoisotopic (exact) mass is 338 g/mol. The zero-order valence-corrected chi connectivity index (χ0v) is 15.1. The van der Waals surface area contributed by atoms with E-state index >= 15 is 0 Å². The van der Waals surface area contributed by atoms with Gasteiger partial charge in [-0.1, -0.05) is 20.8 Å². The fourth-order valence-electron chi connectivity index (χ4n) is 4.14. The number of aliphatic hydroxyl groups excluding tert-OH is 1. The van der Waals surface area contributed by atoms with E-state index in [0.29, 0.717) is 24.8 Å². The van der Waals surface area contributed by atoms with Crippen LogP contribution in [0.25, 0.3) is 0 Å². The first-order valence-corrected chi connectivity index (χ1v) is 8.49. The molecule has 1 heterocycles. The van der Waals surface area contributed by atoms with Gasteiger partial charge in [0.25, 0.3) is 0 Å². The van der Waals surface area contributed by atoms with Gasteiger partial charge in [-0.05, 0) is 30.6 Å². The standard InChI is InChI=1S/C17H30N4O3/c1-13-7-16(2,3)11-17(8-13,12-22)20-15(23)19-14-9-18-21(10-14)5-6-24-4/h9-10,13,22H,5-8,11-12H2,1-4H3,(H2,19,20,23). The summed E-state index contributed by atoms with van der Waals surface area (Å²) in [5, 5.41) is 19.9. The van der Waals surface area contributed by atoms with Gasteiger partial charge in [0.15, 0.2) is 0 Å². The topological polar surface area (TPSA) is 88.4 Å². The second-order valence-corrected chi connectivity index (χ2v) is 7.86. The van der Waals surface area contributed by atoms with Crippen LogP contribution < -0.4 is 10.6 Å². The number of hydrogen-bond donors (Lipinski definition) is 3. The van der Waals surface area contributed by atoms with E-state index in [9.17, 15) is 9.90 Å². The van der Waals surface area contributed by atoms with Crippen LogP contribution in [-0.2, 0) is 11.3 Å². The van der Waals surface area contributed by atoms with Crippen LogP contribution in [0.15, 0.2) is 12.4 Å². The number of hydrogen-bond acceptors (Lipinski definition) is 4. The van der Waals surface area contributed by atoms with Crippen molar-refractivity contribution < 1.29 is 14.6 Å². The highest BCUT2D eigenvalue weighted by molar-refractivity contribution is 5.89. The molecule has 2 atom stereocenters. The Kier molecular flexibility index (Phi) is 5.87. The lowest BCUT2D eigenvalue weighted by atomic mass is 9.64. The van der Waals surface area contributed by atoms with Crippen LogP contribution >= 0.6 is 0 Å². The van der Waals surface area contributed by atoms with Crippen LogP contribution in [0.2, 0.25) is 0 Å². The zero-order chi connectivity index (χ0) is 17.8. The SMILES string of the molecule is COCCn1cc(NC(=O)NC2(CO)CC(C)CC(C)(C)C2)cn1. The molecule has 0 bridgehead atoms. The minimum atomic E-state index is -0.572. The second-order valence-electron chi connectivity index (χ2n) is 7.86. The molecule has 1 aromatic rings. The van der Waals surface area contributed by atoms with Gasteiger partial charge in [0, 0.05) is 13.3 Å². The minimum Gasteiger partial charge on any atom is -0.394 e. The van der Waals surface area contributed by atoms with Gasteiger partial charge in [0.2, 0.25) is 0 Å². The van der Waals surface area contributed by atoms with E-state index in [4.69, 9.17) is 4.74 Å². The van der Waals surface area contributed by atoms with Crippen molar-refractivity contribution in [2.24, 2.45) is 11.3 Å². The third kappa shape index (κ3) is 4.95. The molecule has 0 radical (unpaired) electrons. The fourth-order valence-corrected chi connectivity index (χ4v) is 4.14. The van der Waals surface area contributed by atoms with Crippen molar-refractivity contribution in [3.63, 3.8) is 0 Å². The molecule has 1 saturated carbocycles. The van der Waals surface area contributed by atoms with E-state index in [0.717, 1.165) is 19.3 Å². The molecule has 1 fully saturated rings. The first kappa shape index (κ1) is 18.7. The third-order valence-electron chi connectivity index (χ3n) is 4.55. The molecule has 0 aliphatic heterocycles. The predicted molar refractivity (Wildman–Crippen MR) is 92.9 cm³/mol. The van der Waals surface area contributed by atoms with Gasteiger partial charge in [0.1, 0.15) is 0 Å². The highest BCUT2D eigenvalue weighted by atomic mass is 16.5. The zero-order valence-electron chi connectivity index (χ0n) is 15.1. The molecule has 3 N–H and O–H groups in total. The average molecular weight is 338 g/mol. The molecule has 1 aromatic heterocycles. The summed E-state index contributed by atoms with van der Waals surface area (Å²) in [5.74, 6) is 0.456. The number of nitrogens with zero attached hydrogens (tertiary/aromatic N) is 2. The van der Waals surface area contributed by atoms with E-state index < -0.39 is 5.54 Å². The summed E-state index contributed by atoms with van der Waals surface area (Å²) in [5.41, 5.74) is 0.149. The number of aliphatic hydroxyl groups is 1. The molecule has 2 amide bonds.